The zero-order chi connectivity index (χ0) is 23.6. The van der Waals surface area contributed by atoms with E-state index < -0.39 is 31.7 Å². The van der Waals surface area contributed by atoms with Gasteiger partial charge in [-0.05, 0) is 64.9 Å². The summed E-state index contributed by atoms with van der Waals surface area (Å²) in [5.41, 5.74) is 1.56. The van der Waals surface area contributed by atoms with Gasteiger partial charge in [0.15, 0.2) is 0 Å². The molecule has 2 rings (SSSR count). The summed E-state index contributed by atoms with van der Waals surface area (Å²) in [7, 11) is -4.41. The van der Waals surface area contributed by atoms with E-state index >= 15 is 0 Å². The molecule has 9 heteroatoms. The van der Waals surface area contributed by atoms with Crippen LogP contribution in [0.1, 0.15) is 56.2 Å². The number of phenols is 1. The van der Waals surface area contributed by atoms with Gasteiger partial charge < -0.3 is 9.84 Å². The summed E-state index contributed by atoms with van der Waals surface area (Å²) < 4.78 is 67.0. The number of hydrogen-bond donors (Lipinski definition) is 1. The number of phenolic OH excluding ortho intramolecular Hbond substituents is 1. The minimum absolute atomic E-state index is 0.0656. The number of ether oxygens (including phenoxy) is 1. The van der Waals surface area contributed by atoms with E-state index in [0.29, 0.717) is 22.8 Å². The summed E-state index contributed by atoms with van der Waals surface area (Å²) >= 11 is 0. The second kappa shape index (κ2) is 9.02. The van der Waals surface area contributed by atoms with Gasteiger partial charge in [0.05, 0.1) is 4.90 Å². The number of allylic oxidation sites excluding steroid dienone is 1. The Bertz CT molecular complexity index is 1120. The van der Waals surface area contributed by atoms with Crippen molar-refractivity contribution in [3.05, 3.63) is 58.0 Å². The summed E-state index contributed by atoms with van der Waals surface area (Å²) in [6, 6.07) is 8.64. The fraction of sp³-hybridized carbons (Fsp3) is 0.318. The van der Waals surface area contributed by atoms with E-state index in [-0.39, 0.29) is 17.6 Å². The predicted octanol–water partition coefficient (Wildman–Crippen LogP) is 5.88. The molecule has 0 saturated carbocycles. The van der Waals surface area contributed by atoms with Crippen molar-refractivity contribution in [1.29, 1.82) is 5.26 Å². The van der Waals surface area contributed by atoms with E-state index in [1.54, 1.807) is 18.2 Å². The van der Waals surface area contributed by atoms with Gasteiger partial charge in [-0.3, -0.25) is 0 Å². The Kier molecular flexibility index (Phi) is 7.06. The van der Waals surface area contributed by atoms with Gasteiger partial charge in [0.1, 0.15) is 22.5 Å². The Morgan fingerprint density at radius 1 is 1.10 bits per heavy atom. The van der Waals surface area contributed by atoms with Crippen LogP contribution in [0, 0.1) is 11.3 Å². The quantitative estimate of drug-likeness (QED) is 0.552. The molecule has 31 heavy (non-hydrogen) atoms. The number of benzene rings is 2. The molecule has 166 valence electrons. The number of rotatable bonds is 6. The minimum Gasteiger partial charge on any atom is -0.507 e. The van der Waals surface area contributed by atoms with Crippen LogP contribution in [-0.2, 0) is 9.84 Å². The number of alkyl halides is 3. The lowest BCUT2D eigenvalue weighted by Crippen LogP contribution is -2.17. The van der Waals surface area contributed by atoms with Gasteiger partial charge in [0.25, 0.3) is 0 Å². The molecular weight excluding hydrogens is 431 g/mol. The van der Waals surface area contributed by atoms with Crippen LogP contribution in [0.2, 0.25) is 0 Å². The number of hydrogen-bond acceptors (Lipinski definition) is 5. The smallest absolute Gasteiger partial charge is 0.507 e. The highest BCUT2D eigenvalue weighted by Crippen LogP contribution is 2.36. The van der Waals surface area contributed by atoms with E-state index in [2.05, 4.69) is 4.74 Å². The van der Waals surface area contributed by atoms with Crippen LogP contribution in [0.15, 0.2) is 46.2 Å². The van der Waals surface area contributed by atoms with Crippen molar-refractivity contribution in [2.45, 2.75) is 50.8 Å². The Labute approximate surface area is 179 Å². The number of nitriles is 1. The summed E-state index contributed by atoms with van der Waals surface area (Å²) in [4.78, 5) is -1.15. The molecule has 0 bridgehead atoms. The van der Waals surface area contributed by atoms with Gasteiger partial charge in [-0.25, -0.2) is 8.42 Å². The molecule has 0 aliphatic rings. The van der Waals surface area contributed by atoms with Gasteiger partial charge in [0, 0.05) is 0 Å². The van der Waals surface area contributed by atoms with Crippen LogP contribution in [0.4, 0.5) is 13.2 Å². The summed E-state index contributed by atoms with van der Waals surface area (Å²) in [6.45, 7) is 7.45. The van der Waals surface area contributed by atoms with Crippen molar-refractivity contribution in [2.75, 3.05) is 0 Å². The number of aromatic hydroxyl groups is 1. The van der Waals surface area contributed by atoms with Crippen LogP contribution in [-0.4, -0.2) is 19.9 Å². The van der Waals surface area contributed by atoms with Gasteiger partial charge >= 0.3 is 6.36 Å². The summed E-state index contributed by atoms with van der Waals surface area (Å²) in [5, 5.41) is 20.0. The highest BCUT2D eigenvalue weighted by atomic mass is 32.2. The molecule has 0 amide bonds. The van der Waals surface area contributed by atoms with Crippen molar-refractivity contribution in [3.63, 3.8) is 0 Å². The lowest BCUT2D eigenvalue weighted by molar-refractivity contribution is -0.274. The van der Waals surface area contributed by atoms with E-state index in [1.165, 1.54) is 0 Å². The molecule has 5 nitrogen and oxygen atoms in total. The number of nitrogens with zero attached hydrogens (tertiary/aromatic N) is 1. The lowest BCUT2D eigenvalue weighted by atomic mass is 9.91. The molecule has 0 atom stereocenters. The highest BCUT2D eigenvalue weighted by Gasteiger charge is 2.32. The minimum atomic E-state index is -4.98. The zero-order valence-corrected chi connectivity index (χ0v) is 18.2. The lowest BCUT2D eigenvalue weighted by Gasteiger charge is -2.16. The van der Waals surface area contributed by atoms with Crippen LogP contribution in [0.5, 0.6) is 11.5 Å². The molecule has 0 aliphatic heterocycles. The molecule has 0 saturated heterocycles. The van der Waals surface area contributed by atoms with E-state index in [9.17, 15) is 32.0 Å². The second-order valence-corrected chi connectivity index (χ2v) is 9.42. The maximum atomic E-state index is 12.9. The third-order valence-electron chi connectivity index (χ3n) is 4.48. The average molecular weight is 453 g/mol. The first-order chi connectivity index (χ1) is 14.3. The zero-order valence-electron chi connectivity index (χ0n) is 17.4. The topological polar surface area (TPSA) is 87.4 Å². The Morgan fingerprint density at radius 3 is 2.10 bits per heavy atom. The van der Waals surface area contributed by atoms with Crippen LogP contribution < -0.4 is 4.74 Å². The monoisotopic (exact) mass is 453 g/mol. The summed E-state index contributed by atoms with van der Waals surface area (Å²) in [6.07, 6.45) is -3.84. The molecule has 2 aromatic rings. The van der Waals surface area contributed by atoms with Crippen molar-refractivity contribution in [1.82, 2.24) is 0 Å². The molecule has 0 spiro atoms. The third-order valence-corrected chi connectivity index (χ3v) is 6.14. The second-order valence-electron chi connectivity index (χ2n) is 7.50. The van der Waals surface area contributed by atoms with E-state index in [1.807, 2.05) is 27.7 Å². The molecule has 1 N–H and O–H groups in total. The first-order valence-electron chi connectivity index (χ1n) is 9.35. The normalized spacial score (nSPS) is 12.8. The molecule has 0 radical (unpaired) electrons. The number of halogens is 3. The number of sulfone groups is 1. The fourth-order valence-electron chi connectivity index (χ4n) is 2.95. The third kappa shape index (κ3) is 5.79. The fourth-order valence-corrected chi connectivity index (χ4v) is 4.15. The first kappa shape index (κ1) is 24.3. The van der Waals surface area contributed by atoms with Crippen molar-refractivity contribution < 1.29 is 31.4 Å². The van der Waals surface area contributed by atoms with Crippen molar-refractivity contribution in [3.8, 4) is 17.6 Å². The van der Waals surface area contributed by atoms with Gasteiger partial charge in [-0.2, -0.15) is 5.26 Å². The maximum absolute atomic E-state index is 12.9. The predicted molar refractivity (Wildman–Crippen MR) is 110 cm³/mol. The van der Waals surface area contributed by atoms with Gasteiger partial charge in [-0.1, -0.05) is 33.8 Å². The molecule has 0 unspecified atom stereocenters. The average Bonchev–Trinajstić information content (AvgIpc) is 2.65. The van der Waals surface area contributed by atoms with Crippen LogP contribution in [0.3, 0.4) is 0 Å². The highest BCUT2D eigenvalue weighted by molar-refractivity contribution is 7.95. The Balaban J connectivity index is 2.60. The van der Waals surface area contributed by atoms with E-state index in [0.717, 1.165) is 24.3 Å². The van der Waals surface area contributed by atoms with Crippen LogP contribution >= 0.6 is 0 Å². The molecule has 2 aromatic carbocycles. The van der Waals surface area contributed by atoms with Crippen molar-refractivity contribution >= 4 is 15.9 Å². The van der Waals surface area contributed by atoms with E-state index in [4.69, 9.17) is 0 Å². The first-order valence-corrected chi connectivity index (χ1v) is 10.8. The van der Waals surface area contributed by atoms with Gasteiger partial charge in [-0.15, -0.1) is 13.2 Å². The maximum Gasteiger partial charge on any atom is 0.573 e. The summed E-state index contributed by atoms with van der Waals surface area (Å²) in [5.74, 6) is -0.728. The molecule has 0 fully saturated rings. The van der Waals surface area contributed by atoms with Gasteiger partial charge in [0.2, 0.25) is 9.84 Å². The molecular formula is C22H22F3NO4S. The SMILES string of the molecule is CC(C)c1cc(C=C(C#N)S(=O)(=O)c2cccc(OC(F)(F)F)c2)cc(C(C)C)c1O. The standard InChI is InChI=1S/C22H22F3NO4S/c1-13(2)19-9-15(10-20(14(3)4)21(19)27)8-18(12-26)31(28,29)17-7-5-6-16(11-17)30-22(23,24)25/h5-11,13-14,27H,1-4H3. The molecule has 0 aliphatic carbocycles. The Morgan fingerprint density at radius 2 is 1.65 bits per heavy atom. The van der Waals surface area contributed by atoms with Crippen molar-refractivity contribution in [2.24, 2.45) is 0 Å². The molecule has 0 heterocycles. The Hall–Kier alpha value is -2.99. The largest absolute Gasteiger partial charge is 0.573 e. The molecule has 0 aromatic heterocycles. The van der Waals surface area contributed by atoms with Crippen LogP contribution in [0.25, 0.3) is 6.08 Å².